The van der Waals surface area contributed by atoms with E-state index >= 15 is 0 Å². The molecule has 7 heteroatoms. The third-order valence-electron chi connectivity index (χ3n) is 3.59. The molecule has 0 bridgehead atoms. The Morgan fingerprint density at radius 3 is 3.00 bits per heavy atom. The summed E-state index contributed by atoms with van der Waals surface area (Å²) in [6.45, 7) is 1.16. The smallest absolute Gasteiger partial charge is 0.256 e. The van der Waals surface area contributed by atoms with Crippen LogP contribution in [0.25, 0.3) is 11.0 Å². The van der Waals surface area contributed by atoms with E-state index in [0.717, 1.165) is 6.42 Å². The molecule has 0 saturated carbocycles. The Morgan fingerprint density at radius 1 is 1.50 bits per heavy atom. The molecule has 1 aromatic heterocycles. The highest BCUT2D eigenvalue weighted by atomic mass is 32.1. The van der Waals surface area contributed by atoms with Crippen LogP contribution < -0.4 is 0 Å². The van der Waals surface area contributed by atoms with Gasteiger partial charge >= 0.3 is 0 Å². The highest BCUT2D eigenvalue weighted by Crippen LogP contribution is 2.21. The Labute approximate surface area is 119 Å². The van der Waals surface area contributed by atoms with Crippen molar-refractivity contribution in [3.63, 3.8) is 0 Å². The number of ether oxygens (including phenoxy) is 1. The highest BCUT2D eigenvalue weighted by Gasteiger charge is 2.26. The lowest BCUT2D eigenvalue weighted by atomic mass is 10.1. The number of imidazole rings is 1. The lowest BCUT2D eigenvalue weighted by Gasteiger charge is -2.23. The van der Waals surface area contributed by atoms with Gasteiger partial charge in [-0.3, -0.25) is 4.79 Å². The Balaban J connectivity index is 2.04. The second-order valence-corrected chi connectivity index (χ2v) is 5.30. The summed E-state index contributed by atoms with van der Waals surface area (Å²) in [5.74, 6) is -0.711. The Kier molecular flexibility index (Phi) is 3.31. The molecule has 0 radical (unpaired) electrons. The number of rotatable bonds is 2. The van der Waals surface area contributed by atoms with Gasteiger partial charge in [-0.2, -0.15) is 0 Å². The average Bonchev–Trinajstić information content (AvgIpc) is 3.04. The van der Waals surface area contributed by atoms with Crippen LogP contribution in [0.15, 0.2) is 12.1 Å². The Morgan fingerprint density at radius 2 is 2.30 bits per heavy atom. The number of fused-ring (bicyclic) bond motifs is 1. The standard InChI is InChI=1S/C13H14FN3O2S/c1-17(8-2-3-19-6-8)12(18)9-4-7(14)5-10-11(9)16-13(20)15-10/h4-5,8H,2-3,6H2,1H3,(H2,15,16,20)/t8-/m0/s1. The minimum atomic E-state index is -0.470. The summed E-state index contributed by atoms with van der Waals surface area (Å²) < 4.78 is 19.3. The lowest BCUT2D eigenvalue weighted by molar-refractivity contribution is 0.0712. The van der Waals surface area contributed by atoms with Crippen molar-refractivity contribution in [1.82, 2.24) is 14.9 Å². The van der Waals surface area contributed by atoms with Crippen LogP contribution in [0.1, 0.15) is 16.8 Å². The third-order valence-corrected chi connectivity index (χ3v) is 3.80. The largest absolute Gasteiger partial charge is 0.379 e. The van der Waals surface area contributed by atoms with Gasteiger partial charge in [-0.05, 0) is 30.8 Å². The van der Waals surface area contributed by atoms with Crippen LogP contribution in [0.3, 0.4) is 0 Å². The van der Waals surface area contributed by atoms with Crippen molar-refractivity contribution in [3.8, 4) is 0 Å². The van der Waals surface area contributed by atoms with Crippen LogP contribution in [0.4, 0.5) is 4.39 Å². The normalized spacial score (nSPS) is 18.6. The first kappa shape index (κ1) is 13.3. The minimum Gasteiger partial charge on any atom is -0.379 e. The molecule has 2 N–H and O–H groups in total. The molecule has 20 heavy (non-hydrogen) atoms. The van der Waals surface area contributed by atoms with E-state index in [2.05, 4.69) is 9.97 Å². The zero-order valence-electron chi connectivity index (χ0n) is 10.9. The molecule has 1 fully saturated rings. The maximum Gasteiger partial charge on any atom is 0.256 e. The van der Waals surface area contributed by atoms with E-state index in [9.17, 15) is 9.18 Å². The van der Waals surface area contributed by atoms with Gasteiger partial charge in [0, 0.05) is 13.7 Å². The lowest BCUT2D eigenvalue weighted by Crippen LogP contribution is -2.37. The SMILES string of the molecule is CN(C(=O)c1cc(F)cc2[nH]c(=S)[nH]c12)[C@H]1CCOC1. The molecular formula is C13H14FN3O2S. The van der Waals surface area contributed by atoms with E-state index < -0.39 is 5.82 Å². The first-order valence-corrected chi connectivity index (χ1v) is 6.73. The van der Waals surface area contributed by atoms with Gasteiger partial charge in [-0.25, -0.2) is 4.39 Å². The van der Waals surface area contributed by atoms with Crippen LogP contribution in [-0.4, -0.2) is 47.1 Å². The molecule has 2 heterocycles. The van der Waals surface area contributed by atoms with Crippen LogP contribution in [0.5, 0.6) is 0 Å². The van der Waals surface area contributed by atoms with E-state index in [1.807, 2.05) is 0 Å². The zero-order chi connectivity index (χ0) is 14.3. The van der Waals surface area contributed by atoms with Crippen molar-refractivity contribution in [3.05, 3.63) is 28.3 Å². The third kappa shape index (κ3) is 2.23. The first-order chi connectivity index (χ1) is 9.56. The predicted octanol–water partition coefficient (Wildman–Crippen LogP) is 2.23. The van der Waals surface area contributed by atoms with E-state index in [1.165, 1.54) is 12.1 Å². The number of H-pyrrole nitrogens is 2. The van der Waals surface area contributed by atoms with Crippen molar-refractivity contribution < 1.29 is 13.9 Å². The molecule has 5 nitrogen and oxygen atoms in total. The van der Waals surface area contributed by atoms with Gasteiger partial charge in [0.25, 0.3) is 5.91 Å². The molecular weight excluding hydrogens is 281 g/mol. The maximum atomic E-state index is 13.6. The highest BCUT2D eigenvalue weighted by molar-refractivity contribution is 7.71. The number of nitrogens with one attached hydrogen (secondary N) is 2. The summed E-state index contributed by atoms with van der Waals surface area (Å²) in [6.07, 6.45) is 0.795. The summed E-state index contributed by atoms with van der Waals surface area (Å²) in [5.41, 5.74) is 1.31. The fraction of sp³-hybridized carbons (Fsp3) is 0.385. The minimum absolute atomic E-state index is 0.0303. The first-order valence-electron chi connectivity index (χ1n) is 6.32. The summed E-state index contributed by atoms with van der Waals surface area (Å²) in [4.78, 5) is 19.9. The summed E-state index contributed by atoms with van der Waals surface area (Å²) >= 11 is 5.00. The number of benzene rings is 1. The summed E-state index contributed by atoms with van der Waals surface area (Å²) in [6, 6.07) is 2.58. The second-order valence-electron chi connectivity index (χ2n) is 4.89. The molecule has 0 spiro atoms. The van der Waals surface area contributed by atoms with Crippen LogP contribution in [0.2, 0.25) is 0 Å². The van der Waals surface area contributed by atoms with Crippen molar-refractivity contribution in [2.75, 3.05) is 20.3 Å². The molecule has 1 aliphatic rings. The van der Waals surface area contributed by atoms with Gasteiger partial charge in [0.05, 0.1) is 29.2 Å². The Bertz CT molecular complexity index is 718. The number of aromatic amines is 2. The van der Waals surface area contributed by atoms with Gasteiger partial charge in [-0.1, -0.05) is 0 Å². The summed E-state index contributed by atoms with van der Waals surface area (Å²) in [7, 11) is 1.71. The fourth-order valence-electron chi connectivity index (χ4n) is 2.46. The van der Waals surface area contributed by atoms with Crippen LogP contribution in [-0.2, 0) is 4.74 Å². The molecule has 3 rings (SSSR count). The quantitative estimate of drug-likeness (QED) is 0.835. The number of hydrogen-bond acceptors (Lipinski definition) is 3. The number of aromatic nitrogens is 2. The van der Waals surface area contributed by atoms with Crippen LogP contribution in [0, 0.1) is 10.6 Å². The molecule has 106 valence electrons. The number of amides is 1. The van der Waals surface area contributed by atoms with Gasteiger partial charge < -0.3 is 19.6 Å². The van der Waals surface area contributed by atoms with E-state index in [0.29, 0.717) is 29.0 Å². The molecule has 1 amide bonds. The zero-order valence-corrected chi connectivity index (χ0v) is 11.7. The molecule has 1 saturated heterocycles. The van der Waals surface area contributed by atoms with Crippen molar-refractivity contribution in [1.29, 1.82) is 0 Å². The van der Waals surface area contributed by atoms with E-state index in [1.54, 1.807) is 11.9 Å². The van der Waals surface area contributed by atoms with Gasteiger partial charge in [0.1, 0.15) is 5.82 Å². The number of carbonyl (C=O) groups excluding carboxylic acids is 1. The number of likely N-dealkylation sites (N-methyl/N-ethyl adjacent to an activating group) is 1. The van der Waals surface area contributed by atoms with Gasteiger partial charge in [-0.15, -0.1) is 0 Å². The maximum absolute atomic E-state index is 13.6. The molecule has 2 aromatic rings. The number of halogens is 1. The fourth-order valence-corrected chi connectivity index (χ4v) is 2.67. The van der Waals surface area contributed by atoms with Gasteiger partial charge in [0.2, 0.25) is 0 Å². The van der Waals surface area contributed by atoms with Crippen LogP contribution >= 0.6 is 12.2 Å². The monoisotopic (exact) mass is 295 g/mol. The number of hydrogen-bond donors (Lipinski definition) is 2. The summed E-state index contributed by atoms with van der Waals surface area (Å²) in [5, 5.41) is 0. The second kappa shape index (κ2) is 4.99. The topological polar surface area (TPSA) is 61.1 Å². The van der Waals surface area contributed by atoms with E-state index in [-0.39, 0.29) is 17.5 Å². The molecule has 0 unspecified atom stereocenters. The predicted molar refractivity (Wildman–Crippen MR) is 74.8 cm³/mol. The molecule has 0 aliphatic carbocycles. The Hall–Kier alpha value is -1.73. The number of nitrogens with zero attached hydrogens (tertiary/aromatic N) is 1. The molecule has 1 atom stereocenters. The van der Waals surface area contributed by atoms with Crippen molar-refractivity contribution in [2.24, 2.45) is 0 Å². The molecule has 1 aromatic carbocycles. The number of carbonyl (C=O) groups is 1. The van der Waals surface area contributed by atoms with E-state index in [4.69, 9.17) is 17.0 Å². The van der Waals surface area contributed by atoms with Crippen molar-refractivity contribution in [2.45, 2.75) is 12.5 Å². The van der Waals surface area contributed by atoms with Gasteiger partial charge in [0.15, 0.2) is 4.77 Å². The average molecular weight is 295 g/mol. The molecule has 1 aliphatic heterocycles. The van der Waals surface area contributed by atoms with Crippen molar-refractivity contribution >= 4 is 29.2 Å².